The minimum Gasteiger partial charge on any atom is -0.352 e. The molecule has 2 amide bonds. The monoisotopic (exact) mass is 428 g/mol. The first kappa shape index (κ1) is 23.5. The second-order valence-electron chi connectivity index (χ2n) is 6.93. The summed E-state index contributed by atoms with van der Waals surface area (Å²) in [6.07, 6.45) is 4.61. The zero-order chi connectivity index (χ0) is 22.6. The maximum Gasteiger partial charge on any atom is 0.269 e. The van der Waals surface area contributed by atoms with Crippen LogP contribution in [0.1, 0.15) is 48.9 Å². The Bertz CT molecular complexity index is 912. The number of benzene rings is 2. The van der Waals surface area contributed by atoms with E-state index in [1.165, 1.54) is 48.5 Å². The van der Waals surface area contributed by atoms with E-state index in [-0.39, 0.29) is 23.2 Å². The lowest BCUT2D eigenvalue weighted by Gasteiger charge is -2.06. The van der Waals surface area contributed by atoms with Crippen molar-refractivity contribution in [1.29, 1.82) is 0 Å². The minimum atomic E-state index is -0.513. The zero-order valence-electron chi connectivity index (χ0n) is 16.9. The van der Waals surface area contributed by atoms with Gasteiger partial charge in [-0.1, -0.05) is 19.3 Å². The Balaban J connectivity index is 1.53. The number of unbranched alkanes of at least 4 members (excludes halogenated alkanes) is 4. The molecule has 0 fully saturated rings. The quantitative estimate of drug-likeness (QED) is 0.294. The van der Waals surface area contributed by atoms with Crippen molar-refractivity contribution >= 4 is 28.9 Å². The number of nitrogens with one attached hydrogen (secondary N) is 2. The number of non-ortho nitro benzene ring substituents is 2. The molecule has 0 atom stereocenters. The Kier molecular flexibility index (Phi) is 9.09. The van der Waals surface area contributed by atoms with Gasteiger partial charge in [0.25, 0.3) is 17.3 Å². The van der Waals surface area contributed by atoms with Crippen LogP contribution in [-0.4, -0.2) is 28.2 Å². The fourth-order valence-electron chi connectivity index (χ4n) is 2.87. The first-order valence-electron chi connectivity index (χ1n) is 9.94. The summed E-state index contributed by atoms with van der Waals surface area (Å²) < 4.78 is 0. The fraction of sp³-hybridized carbons (Fsp3) is 0.333. The lowest BCUT2D eigenvalue weighted by Crippen LogP contribution is -2.24. The molecule has 0 aliphatic rings. The molecule has 10 nitrogen and oxygen atoms in total. The van der Waals surface area contributed by atoms with Gasteiger partial charge in [-0.3, -0.25) is 29.8 Å². The van der Waals surface area contributed by atoms with Crippen LogP contribution < -0.4 is 10.6 Å². The third-order valence-corrected chi connectivity index (χ3v) is 4.57. The molecule has 2 rings (SSSR count). The first-order chi connectivity index (χ1) is 14.9. The number of carbonyl (C=O) groups is 2. The molecular formula is C21H24N4O6. The van der Waals surface area contributed by atoms with Crippen molar-refractivity contribution in [1.82, 2.24) is 5.32 Å². The molecule has 0 aliphatic carbocycles. The summed E-state index contributed by atoms with van der Waals surface area (Å²) in [7, 11) is 0. The van der Waals surface area contributed by atoms with Crippen molar-refractivity contribution in [3.63, 3.8) is 0 Å². The Morgan fingerprint density at radius 3 is 1.84 bits per heavy atom. The molecule has 0 bridgehead atoms. The van der Waals surface area contributed by atoms with Gasteiger partial charge in [-0.15, -0.1) is 0 Å². The molecule has 2 aromatic rings. The SMILES string of the molecule is O=C(CCCCCCCNC(=O)c1ccc([N+](=O)[O-])cc1)Nc1ccc([N+](=O)[O-])cc1. The Morgan fingerprint density at radius 1 is 0.742 bits per heavy atom. The summed E-state index contributed by atoms with van der Waals surface area (Å²) in [5.74, 6) is -0.401. The molecule has 0 saturated carbocycles. The Hall–Kier alpha value is -3.82. The summed E-state index contributed by atoms with van der Waals surface area (Å²) in [5, 5.41) is 26.7. The van der Waals surface area contributed by atoms with Crippen LogP contribution in [0.15, 0.2) is 48.5 Å². The van der Waals surface area contributed by atoms with Crippen LogP contribution in [-0.2, 0) is 4.79 Å². The Labute approximate surface area is 179 Å². The van der Waals surface area contributed by atoms with Crippen molar-refractivity contribution in [2.45, 2.75) is 38.5 Å². The maximum atomic E-state index is 12.0. The number of anilines is 1. The Morgan fingerprint density at radius 2 is 1.26 bits per heavy atom. The van der Waals surface area contributed by atoms with Gasteiger partial charge in [0.2, 0.25) is 5.91 Å². The van der Waals surface area contributed by atoms with Crippen molar-refractivity contribution in [3.8, 4) is 0 Å². The molecule has 0 unspecified atom stereocenters. The highest BCUT2D eigenvalue weighted by Gasteiger charge is 2.09. The van der Waals surface area contributed by atoms with E-state index in [4.69, 9.17) is 0 Å². The number of hydrogen-bond donors (Lipinski definition) is 2. The summed E-state index contributed by atoms with van der Waals surface area (Å²) in [6.45, 7) is 0.510. The van der Waals surface area contributed by atoms with E-state index in [0.717, 1.165) is 32.1 Å². The highest BCUT2D eigenvalue weighted by molar-refractivity contribution is 5.94. The minimum absolute atomic E-state index is 0.0260. The third kappa shape index (κ3) is 8.21. The van der Waals surface area contributed by atoms with Gasteiger partial charge in [0, 0.05) is 48.5 Å². The molecule has 2 N–H and O–H groups in total. The summed E-state index contributed by atoms with van der Waals surface area (Å²) in [5.41, 5.74) is 0.823. The van der Waals surface area contributed by atoms with E-state index in [1.807, 2.05) is 0 Å². The van der Waals surface area contributed by atoms with Crippen LogP contribution >= 0.6 is 0 Å². The van der Waals surface area contributed by atoms with E-state index in [1.54, 1.807) is 0 Å². The van der Waals surface area contributed by atoms with Crippen LogP contribution in [0.2, 0.25) is 0 Å². The molecule has 0 radical (unpaired) electrons. The zero-order valence-corrected chi connectivity index (χ0v) is 16.9. The highest BCUT2D eigenvalue weighted by atomic mass is 16.6. The van der Waals surface area contributed by atoms with Gasteiger partial charge in [0.1, 0.15) is 0 Å². The van der Waals surface area contributed by atoms with Crippen molar-refractivity contribution in [2.75, 3.05) is 11.9 Å². The topological polar surface area (TPSA) is 144 Å². The predicted octanol–water partition coefficient (Wildman–Crippen LogP) is 4.21. The van der Waals surface area contributed by atoms with Gasteiger partial charge in [-0.05, 0) is 37.1 Å². The smallest absolute Gasteiger partial charge is 0.269 e. The van der Waals surface area contributed by atoms with Crippen LogP contribution in [0.4, 0.5) is 17.1 Å². The first-order valence-corrected chi connectivity index (χ1v) is 9.94. The number of carbonyl (C=O) groups excluding carboxylic acids is 2. The normalized spacial score (nSPS) is 10.3. The van der Waals surface area contributed by atoms with Gasteiger partial charge >= 0.3 is 0 Å². The fourth-order valence-corrected chi connectivity index (χ4v) is 2.87. The molecule has 0 aromatic heterocycles. The van der Waals surface area contributed by atoms with Crippen molar-refractivity contribution in [3.05, 3.63) is 74.3 Å². The second kappa shape index (κ2) is 12.0. The molecule has 0 saturated heterocycles. The van der Waals surface area contributed by atoms with Crippen LogP contribution in [0, 0.1) is 20.2 Å². The average Bonchev–Trinajstić information content (AvgIpc) is 2.75. The lowest BCUT2D eigenvalue weighted by molar-refractivity contribution is -0.385. The summed E-state index contributed by atoms with van der Waals surface area (Å²) in [4.78, 5) is 44.1. The second-order valence-corrected chi connectivity index (χ2v) is 6.93. The molecule has 10 heteroatoms. The van der Waals surface area contributed by atoms with E-state index < -0.39 is 9.85 Å². The number of nitro groups is 2. The summed E-state index contributed by atoms with van der Waals surface area (Å²) >= 11 is 0. The number of nitrogens with zero attached hydrogens (tertiary/aromatic N) is 2. The average molecular weight is 428 g/mol. The largest absolute Gasteiger partial charge is 0.352 e. The molecule has 0 heterocycles. The molecular weight excluding hydrogens is 404 g/mol. The van der Waals surface area contributed by atoms with Gasteiger partial charge in [0.15, 0.2) is 0 Å². The molecule has 31 heavy (non-hydrogen) atoms. The third-order valence-electron chi connectivity index (χ3n) is 4.57. The van der Waals surface area contributed by atoms with E-state index >= 15 is 0 Å². The van der Waals surface area contributed by atoms with Gasteiger partial charge in [-0.2, -0.15) is 0 Å². The van der Waals surface area contributed by atoms with E-state index in [2.05, 4.69) is 10.6 Å². The molecule has 0 aliphatic heterocycles. The molecule has 164 valence electrons. The standard InChI is InChI=1S/C21H24N4O6/c26-20(23-17-9-13-19(14-10-17)25(30)31)6-4-2-1-3-5-15-22-21(27)16-7-11-18(12-8-16)24(28)29/h7-14H,1-6,15H2,(H,22,27)(H,23,26). The molecule has 2 aromatic carbocycles. The van der Waals surface area contributed by atoms with Gasteiger partial charge < -0.3 is 10.6 Å². The molecule has 0 spiro atoms. The summed E-state index contributed by atoms with van der Waals surface area (Å²) in [6, 6.07) is 11.1. The number of hydrogen-bond acceptors (Lipinski definition) is 6. The number of nitro benzene ring substituents is 2. The predicted molar refractivity (Wildman–Crippen MR) is 115 cm³/mol. The van der Waals surface area contributed by atoms with Crippen LogP contribution in [0.3, 0.4) is 0 Å². The van der Waals surface area contributed by atoms with Crippen LogP contribution in [0.5, 0.6) is 0 Å². The van der Waals surface area contributed by atoms with Crippen molar-refractivity contribution in [2.24, 2.45) is 0 Å². The van der Waals surface area contributed by atoms with Gasteiger partial charge in [0.05, 0.1) is 9.85 Å². The van der Waals surface area contributed by atoms with E-state index in [0.29, 0.717) is 24.2 Å². The van der Waals surface area contributed by atoms with Crippen LogP contribution in [0.25, 0.3) is 0 Å². The number of rotatable bonds is 12. The number of amides is 2. The highest BCUT2D eigenvalue weighted by Crippen LogP contribution is 2.16. The van der Waals surface area contributed by atoms with Crippen molar-refractivity contribution < 1.29 is 19.4 Å². The van der Waals surface area contributed by atoms with Gasteiger partial charge in [-0.25, -0.2) is 0 Å². The van der Waals surface area contributed by atoms with E-state index in [9.17, 15) is 29.8 Å². The lowest BCUT2D eigenvalue weighted by atomic mass is 10.1. The maximum absolute atomic E-state index is 12.0.